The van der Waals surface area contributed by atoms with Crippen LogP contribution >= 0.6 is 28.1 Å². The first kappa shape index (κ1) is 13.8. The van der Waals surface area contributed by atoms with E-state index < -0.39 is 0 Å². The van der Waals surface area contributed by atoms with Crippen LogP contribution < -0.4 is 10.6 Å². The average Bonchev–Trinajstić information content (AvgIpc) is 2.32. The summed E-state index contributed by atoms with van der Waals surface area (Å²) in [5.41, 5.74) is 8.01. The van der Waals surface area contributed by atoms with Crippen LogP contribution in [0.1, 0.15) is 32.3 Å². The van der Waals surface area contributed by atoms with E-state index in [1.54, 1.807) is 0 Å². The standard InChI is InChI=1S/C14H19BrN2S/c1-9-5-4-8-17(10(9)2)12-7-3-6-11(15)13(12)14(16)18/h3,6-7,9-10H,4-5,8H2,1-2H3,(H2,16,18). The van der Waals surface area contributed by atoms with Gasteiger partial charge in [-0.2, -0.15) is 0 Å². The van der Waals surface area contributed by atoms with Gasteiger partial charge in [-0.05, 0) is 53.7 Å². The third-order valence-corrected chi connectivity index (χ3v) is 4.79. The summed E-state index contributed by atoms with van der Waals surface area (Å²) in [6, 6.07) is 6.69. The third-order valence-electron chi connectivity index (χ3n) is 3.92. The molecule has 0 saturated carbocycles. The summed E-state index contributed by atoms with van der Waals surface area (Å²) in [4.78, 5) is 2.90. The molecule has 0 spiro atoms. The maximum Gasteiger partial charge on any atom is 0.107 e. The Morgan fingerprint density at radius 1 is 1.44 bits per heavy atom. The molecule has 0 radical (unpaired) electrons. The topological polar surface area (TPSA) is 29.3 Å². The summed E-state index contributed by atoms with van der Waals surface area (Å²) < 4.78 is 0.984. The van der Waals surface area contributed by atoms with Gasteiger partial charge in [-0.3, -0.25) is 0 Å². The summed E-state index contributed by atoms with van der Waals surface area (Å²) in [6.45, 7) is 5.68. The quantitative estimate of drug-likeness (QED) is 0.840. The Kier molecular flexibility index (Phi) is 4.28. The fraction of sp³-hybridized carbons (Fsp3) is 0.500. The van der Waals surface area contributed by atoms with Crippen molar-refractivity contribution in [2.75, 3.05) is 11.4 Å². The van der Waals surface area contributed by atoms with Crippen LogP contribution in [-0.4, -0.2) is 17.6 Å². The molecule has 1 saturated heterocycles. The fourth-order valence-corrected chi connectivity index (χ4v) is 3.59. The lowest BCUT2D eigenvalue weighted by Gasteiger charge is -2.40. The Labute approximate surface area is 123 Å². The molecule has 1 aliphatic heterocycles. The SMILES string of the molecule is CC1CCCN(c2cccc(Br)c2C(N)=S)C1C. The molecule has 0 aromatic heterocycles. The second-order valence-corrected chi connectivity index (χ2v) is 6.35. The molecular weight excluding hydrogens is 308 g/mol. The molecule has 2 atom stereocenters. The van der Waals surface area contributed by atoms with E-state index in [0.29, 0.717) is 16.9 Å². The highest BCUT2D eigenvalue weighted by atomic mass is 79.9. The number of hydrogen-bond donors (Lipinski definition) is 1. The van der Waals surface area contributed by atoms with E-state index in [4.69, 9.17) is 18.0 Å². The first-order valence-electron chi connectivity index (χ1n) is 6.37. The van der Waals surface area contributed by atoms with E-state index >= 15 is 0 Å². The number of halogens is 1. The van der Waals surface area contributed by atoms with Gasteiger partial charge in [0.05, 0.1) is 0 Å². The number of anilines is 1. The van der Waals surface area contributed by atoms with Crippen molar-refractivity contribution < 1.29 is 0 Å². The van der Waals surface area contributed by atoms with E-state index in [2.05, 4.69) is 40.7 Å². The second kappa shape index (κ2) is 5.57. The molecule has 1 aliphatic rings. The zero-order valence-corrected chi connectivity index (χ0v) is 13.2. The van der Waals surface area contributed by atoms with Crippen LogP contribution in [0.3, 0.4) is 0 Å². The van der Waals surface area contributed by atoms with E-state index in [1.807, 2.05) is 12.1 Å². The maximum absolute atomic E-state index is 5.88. The fourth-order valence-electron chi connectivity index (χ4n) is 2.67. The van der Waals surface area contributed by atoms with Crippen LogP contribution in [0.25, 0.3) is 0 Å². The van der Waals surface area contributed by atoms with Crippen molar-refractivity contribution in [2.45, 2.75) is 32.7 Å². The lowest BCUT2D eigenvalue weighted by atomic mass is 9.91. The van der Waals surface area contributed by atoms with Crippen LogP contribution in [0.4, 0.5) is 5.69 Å². The summed E-state index contributed by atoms with van der Waals surface area (Å²) in [6.07, 6.45) is 2.53. The number of thiocarbonyl (C=S) groups is 1. The first-order valence-corrected chi connectivity index (χ1v) is 7.57. The maximum atomic E-state index is 5.88. The molecule has 1 fully saturated rings. The predicted octanol–water partition coefficient (Wildman–Crippen LogP) is 3.71. The van der Waals surface area contributed by atoms with E-state index in [9.17, 15) is 0 Å². The molecule has 2 rings (SSSR count). The number of nitrogens with two attached hydrogens (primary N) is 1. The molecule has 1 aromatic carbocycles. The van der Waals surface area contributed by atoms with Gasteiger partial charge in [0.2, 0.25) is 0 Å². The Balaban J connectivity index is 2.44. The molecule has 1 aromatic rings. The summed E-state index contributed by atoms with van der Waals surface area (Å²) in [7, 11) is 0. The van der Waals surface area contributed by atoms with Crippen molar-refractivity contribution in [3.05, 3.63) is 28.2 Å². The minimum Gasteiger partial charge on any atom is -0.389 e. The van der Waals surface area contributed by atoms with Crippen LogP contribution in [0.15, 0.2) is 22.7 Å². The molecule has 2 nitrogen and oxygen atoms in total. The molecule has 0 aliphatic carbocycles. The molecule has 0 bridgehead atoms. The second-order valence-electron chi connectivity index (χ2n) is 5.05. The zero-order valence-electron chi connectivity index (χ0n) is 10.8. The average molecular weight is 327 g/mol. The van der Waals surface area contributed by atoms with Gasteiger partial charge in [0.1, 0.15) is 4.99 Å². The summed E-state index contributed by atoms with van der Waals surface area (Å²) >= 11 is 8.75. The van der Waals surface area contributed by atoms with Crippen LogP contribution in [0, 0.1) is 5.92 Å². The van der Waals surface area contributed by atoms with E-state index in [0.717, 1.165) is 22.3 Å². The van der Waals surface area contributed by atoms with Crippen molar-refractivity contribution in [2.24, 2.45) is 11.7 Å². The summed E-state index contributed by atoms with van der Waals surface area (Å²) in [5.74, 6) is 0.705. The number of nitrogens with zero attached hydrogens (tertiary/aromatic N) is 1. The molecule has 4 heteroatoms. The molecule has 0 amide bonds. The van der Waals surface area contributed by atoms with Crippen LogP contribution in [-0.2, 0) is 0 Å². The number of hydrogen-bond acceptors (Lipinski definition) is 2. The van der Waals surface area contributed by atoms with Gasteiger partial charge in [0, 0.05) is 28.3 Å². The molecule has 98 valence electrons. The first-order chi connectivity index (χ1) is 8.52. The van der Waals surface area contributed by atoms with Crippen LogP contribution in [0.2, 0.25) is 0 Å². The minimum atomic E-state index is 0.461. The van der Waals surface area contributed by atoms with E-state index in [1.165, 1.54) is 12.8 Å². The largest absolute Gasteiger partial charge is 0.389 e. The Bertz CT molecular complexity index is 461. The van der Waals surface area contributed by atoms with Gasteiger partial charge in [-0.15, -0.1) is 0 Å². The Morgan fingerprint density at radius 2 is 2.17 bits per heavy atom. The van der Waals surface area contributed by atoms with Gasteiger partial charge in [-0.25, -0.2) is 0 Å². The van der Waals surface area contributed by atoms with Crippen molar-refractivity contribution >= 4 is 38.8 Å². The molecular formula is C14H19BrN2S. The number of rotatable bonds is 2. The molecule has 2 unspecified atom stereocenters. The van der Waals surface area contributed by atoms with Gasteiger partial charge in [0.25, 0.3) is 0 Å². The van der Waals surface area contributed by atoms with Crippen molar-refractivity contribution in [1.82, 2.24) is 0 Å². The molecule has 1 heterocycles. The highest BCUT2D eigenvalue weighted by Crippen LogP contribution is 2.33. The molecule has 18 heavy (non-hydrogen) atoms. The predicted molar refractivity (Wildman–Crippen MR) is 85.2 cm³/mol. The van der Waals surface area contributed by atoms with Gasteiger partial charge in [-0.1, -0.05) is 25.2 Å². The van der Waals surface area contributed by atoms with Crippen molar-refractivity contribution in [3.63, 3.8) is 0 Å². The lowest BCUT2D eigenvalue weighted by molar-refractivity contribution is 0.363. The Morgan fingerprint density at radius 3 is 2.83 bits per heavy atom. The highest BCUT2D eigenvalue weighted by molar-refractivity contribution is 9.10. The van der Waals surface area contributed by atoms with Gasteiger partial charge in [0.15, 0.2) is 0 Å². The molecule has 2 N–H and O–H groups in total. The number of piperidine rings is 1. The lowest BCUT2D eigenvalue weighted by Crippen LogP contribution is -2.43. The normalized spacial score (nSPS) is 24.1. The van der Waals surface area contributed by atoms with E-state index in [-0.39, 0.29) is 0 Å². The van der Waals surface area contributed by atoms with Gasteiger partial charge < -0.3 is 10.6 Å². The highest BCUT2D eigenvalue weighted by Gasteiger charge is 2.27. The smallest absolute Gasteiger partial charge is 0.107 e. The van der Waals surface area contributed by atoms with Crippen LogP contribution in [0.5, 0.6) is 0 Å². The third kappa shape index (κ3) is 2.54. The monoisotopic (exact) mass is 326 g/mol. The van der Waals surface area contributed by atoms with Crippen molar-refractivity contribution in [3.8, 4) is 0 Å². The Hall–Kier alpha value is -0.610. The minimum absolute atomic E-state index is 0.461. The van der Waals surface area contributed by atoms with Gasteiger partial charge >= 0.3 is 0 Å². The number of benzene rings is 1. The zero-order chi connectivity index (χ0) is 13.3. The van der Waals surface area contributed by atoms with Crippen molar-refractivity contribution in [1.29, 1.82) is 0 Å². The summed E-state index contributed by atoms with van der Waals surface area (Å²) in [5, 5.41) is 0.